The summed E-state index contributed by atoms with van der Waals surface area (Å²) in [5, 5.41) is 4.63. The maximum Gasteiger partial charge on any atom is 0.237 e. The Bertz CT molecular complexity index is 1360. The highest BCUT2D eigenvalue weighted by molar-refractivity contribution is 7.56. The molecule has 8 nitrogen and oxygen atoms in total. The van der Waals surface area contributed by atoms with Crippen molar-refractivity contribution < 1.29 is 27.8 Å². The average molecular weight is 660 g/mol. The number of carbonyl (C=O) groups is 3. The molecule has 3 aromatic rings. The van der Waals surface area contributed by atoms with Crippen molar-refractivity contribution in [2.45, 2.75) is 100 Å². The molecule has 4 rings (SSSR count). The smallest absolute Gasteiger partial charge is 0.237 e. The van der Waals surface area contributed by atoms with Crippen LogP contribution in [0.3, 0.4) is 0 Å². The fourth-order valence-corrected chi connectivity index (χ4v) is 6.18. The standard InChI is InChI=1S/C16H20NO4P.C15H21FN2O.C3H8.C2H6/c1-4-20-22(21-5-2)13-6-7-14-15(12(3)19)11-17(8-9-18)16(14)10-13;1-3-11-6-4-7-12(14(11)16)10-17-15(19)13-8-5-9-18(13)2;1-3-2;1-2/h6-7,9-11H,4-5,8H2,1-3H3;4,6-7,13H,3,5,8-10H2,1-2H3,(H,17,19);3H2,1-2H3;1-2H3. The summed E-state index contributed by atoms with van der Waals surface area (Å²) in [6.45, 7) is 18.1. The fourth-order valence-electron chi connectivity index (χ4n) is 4.91. The highest BCUT2D eigenvalue weighted by atomic mass is 31.2. The number of nitrogens with one attached hydrogen (secondary N) is 1. The molecular weight excluding hydrogens is 604 g/mol. The van der Waals surface area contributed by atoms with E-state index >= 15 is 0 Å². The van der Waals surface area contributed by atoms with Gasteiger partial charge in [0.1, 0.15) is 12.1 Å². The van der Waals surface area contributed by atoms with Crippen molar-refractivity contribution in [3.8, 4) is 0 Å². The van der Waals surface area contributed by atoms with Gasteiger partial charge in [-0.1, -0.05) is 65.3 Å². The van der Waals surface area contributed by atoms with E-state index in [4.69, 9.17) is 9.05 Å². The van der Waals surface area contributed by atoms with Gasteiger partial charge in [0.25, 0.3) is 0 Å². The normalized spacial score (nSPS) is 14.0. The minimum Gasteiger partial charge on any atom is -0.351 e. The van der Waals surface area contributed by atoms with E-state index in [-0.39, 0.29) is 36.6 Å². The van der Waals surface area contributed by atoms with Crippen LogP contribution in [0.25, 0.3) is 10.9 Å². The number of carbonyl (C=O) groups excluding carboxylic acids is 3. The molecule has 1 aliphatic heterocycles. The number of halogens is 1. The van der Waals surface area contributed by atoms with E-state index in [1.807, 2.05) is 70.8 Å². The van der Waals surface area contributed by atoms with E-state index in [0.29, 0.717) is 36.3 Å². The van der Waals surface area contributed by atoms with Crippen LogP contribution < -0.4 is 10.6 Å². The summed E-state index contributed by atoms with van der Waals surface area (Å²) >= 11 is 0. The lowest BCUT2D eigenvalue weighted by Crippen LogP contribution is -2.41. The molecule has 0 bridgehead atoms. The Labute approximate surface area is 276 Å². The molecule has 1 amide bonds. The second-order valence-electron chi connectivity index (χ2n) is 10.5. The number of likely N-dealkylation sites (tertiary alicyclic amines) is 1. The number of aromatic nitrogens is 1. The van der Waals surface area contributed by atoms with Crippen LogP contribution >= 0.6 is 8.38 Å². The van der Waals surface area contributed by atoms with Crippen LogP contribution in [0.2, 0.25) is 0 Å². The SMILES string of the molecule is CC.CCC.CCOP(OCC)c1ccc2c(C(C)=O)cn(CC=O)c2c1.CCc1cccc(CNC(=O)C2CCCN2C)c1F. The number of ketones is 1. The number of amides is 1. The lowest BCUT2D eigenvalue weighted by atomic mass is 10.1. The number of nitrogens with zero attached hydrogens (tertiary/aromatic N) is 2. The summed E-state index contributed by atoms with van der Waals surface area (Å²) in [4.78, 5) is 36.7. The molecule has 1 unspecified atom stereocenters. The van der Waals surface area contributed by atoms with Crippen LogP contribution in [0, 0.1) is 5.82 Å². The first-order chi connectivity index (χ1) is 22.2. The summed E-state index contributed by atoms with van der Waals surface area (Å²) in [6, 6.07) is 11.1. The van der Waals surface area contributed by atoms with Crippen molar-refractivity contribution in [2.75, 3.05) is 26.8 Å². The predicted octanol–water partition coefficient (Wildman–Crippen LogP) is 7.59. The quantitative estimate of drug-likeness (QED) is 0.122. The molecule has 0 aliphatic carbocycles. The summed E-state index contributed by atoms with van der Waals surface area (Å²) in [5.74, 6) is -0.203. The van der Waals surface area contributed by atoms with Gasteiger partial charge < -0.3 is 23.7 Å². The summed E-state index contributed by atoms with van der Waals surface area (Å²) in [5.41, 5.74) is 2.74. The zero-order valence-electron chi connectivity index (χ0n) is 29.3. The first kappa shape index (κ1) is 41.1. The Morgan fingerprint density at radius 1 is 1.04 bits per heavy atom. The Morgan fingerprint density at radius 3 is 2.20 bits per heavy atom. The summed E-state index contributed by atoms with van der Waals surface area (Å²) < 4.78 is 27.1. The first-order valence-electron chi connectivity index (χ1n) is 16.5. The zero-order valence-corrected chi connectivity index (χ0v) is 30.2. The van der Waals surface area contributed by atoms with E-state index in [2.05, 4.69) is 19.2 Å². The third-order valence-electron chi connectivity index (χ3n) is 7.04. The number of rotatable bonds is 12. The number of Topliss-reactive ketones (excluding diaryl/α,β-unsaturated/α-hetero) is 1. The number of aldehydes is 1. The minimum atomic E-state index is -1.14. The fraction of sp³-hybridized carbons (Fsp3) is 0.528. The topological polar surface area (TPSA) is 89.9 Å². The molecule has 10 heteroatoms. The van der Waals surface area contributed by atoms with Crippen molar-refractivity contribution in [3.05, 3.63) is 65.1 Å². The van der Waals surface area contributed by atoms with Crippen LogP contribution in [0.4, 0.5) is 4.39 Å². The van der Waals surface area contributed by atoms with Gasteiger partial charge in [0.05, 0.1) is 25.8 Å². The number of hydrogen-bond acceptors (Lipinski definition) is 6. The highest BCUT2D eigenvalue weighted by Crippen LogP contribution is 2.38. The third-order valence-corrected chi connectivity index (χ3v) is 8.72. The van der Waals surface area contributed by atoms with Gasteiger partial charge in [0, 0.05) is 40.1 Å². The molecule has 1 fully saturated rings. The van der Waals surface area contributed by atoms with Crippen LogP contribution in [0.5, 0.6) is 0 Å². The second-order valence-corrected chi connectivity index (χ2v) is 12.1. The van der Waals surface area contributed by atoms with Gasteiger partial charge in [-0.2, -0.15) is 0 Å². The Kier molecular flexibility index (Phi) is 20.1. The average Bonchev–Trinajstić information content (AvgIpc) is 3.65. The predicted molar refractivity (Wildman–Crippen MR) is 188 cm³/mol. The van der Waals surface area contributed by atoms with Gasteiger partial charge in [-0.05, 0) is 71.3 Å². The molecule has 1 N–H and O–H groups in total. The summed E-state index contributed by atoms with van der Waals surface area (Å²) in [6.07, 6.45) is 6.41. The molecule has 1 aliphatic rings. The van der Waals surface area contributed by atoms with Gasteiger partial charge >= 0.3 is 0 Å². The summed E-state index contributed by atoms with van der Waals surface area (Å²) in [7, 11) is 0.810. The lowest BCUT2D eigenvalue weighted by Gasteiger charge is -2.18. The lowest BCUT2D eigenvalue weighted by molar-refractivity contribution is -0.125. The maximum atomic E-state index is 14.0. The van der Waals surface area contributed by atoms with Crippen LogP contribution in [0.1, 0.15) is 96.1 Å². The van der Waals surface area contributed by atoms with E-state index in [1.54, 1.807) is 22.9 Å². The largest absolute Gasteiger partial charge is 0.351 e. The Morgan fingerprint density at radius 2 is 1.67 bits per heavy atom. The monoisotopic (exact) mass is 659 g/mol. The van der Waals surface area contributed by atoms with Gasteiger partial charge in [-0.15, -0.1) is 0 Å². The Balaban J connectivity index is 0.000000407. The molecule has 46 heavy (non-hydrogen) atoms. The molecule has 0 saturated carbocycles. The van der Waals surface area contributed by atoms with Gasteiger partial charge in [-0.3, -0.25) is 14.5 Å². The molecule has 2 heterocycles. The van der Waals surface area contributed by atoms with E-state index in [9.17, 15) is 18.8 Å². The molecule has 1 aromatic heterocycles. The zero-order chi connectivity index (χ0) is 34.6. The second kappa shape index (κ2) is 22.5. The van der Waals surface area contributed by atoms with Gasteiger partial charge in [0.15, 0.2) is 5.78 Å². The number of aryl methyl sites for hydroxylation is 1. The van der Waals surface area contributed by atoms with Crippen molar-refractivity contribution >= 4 is 42.6 Å². The maximum absolute atomic E-state index is 14.0. The van der Waals surface area contributed by atoms with Crippen molar-refractivity contribution in [2.24, 2.45) is 0 Å². The molecular formula is C36H55FN3O5P. The minimum absolute atomic E-state index is 0.00121. The highest BCUT2D eigenvalue weighted by Gasteiger charge is 2.27. The number of likely N-dealkylation sites (N-methyl/N-ethyl adjacent to an activating group) is 1. The van der Waals surface area contributed by atoms with Crippen molar-refractivity contribution in [1.82, 2.24) is 14.8 Å². The van der Waals surface area contributed by atoms with Crippen LogP contribution in [-0.2, 0) is 38.1 Å². The van der Waals surface area contributed by atoms with Gasteiger partial charge in [0.2, 0.25) is 14.3 Å². The van der Waals surface area contributed by atoms with E-state index in [0.717, 1.165) is 41.9 Å². The number of fused-ring (bicyclic) bond motifs is 1. The molecule has 1 saturated heterocycles. The van der Waals surface area contributed by atoms with Crippen molar-refractivity contribution in [1.29, 1.82) is 0 Å². The Hall–Kier alpha value is -2.97. The number of hydrogen-bond donors (Lipinski definition) is 1. The molecule has 256 valence electrons. The molecule has 1 atom stereocenters. The van der Waals surface area contributed by atoms with Crippen LogP contribution in [-0.4, -0.2) is 60.3 Å². The molecule has 0 spiro atoms. The van der Waals surface area contributed by atoms with Crippen LogP contribution in [0.15, 0.2) is 42.6 Å². The molecule has 2 aromatic carbocycles. The molecule has 0 radical (unpaired) electrons. The van der Waals surface area contributed by atoms with Crippen molar-refractivity contribution in [3.63, 3.8) is 0 Å². The first-order valence-corrected chi connectivity index (χ1v) is 17.7. The van der Waals surface area contributed by atoms with E-state index in [1.165, 1.54) is 13.3 Å². The number of benzene rings is 2. The van der Waals surface area contributed by atoms with Gasteiger partial charge in [-0.25, -0.2) is 4.39 Å². The van der Waals surface area contributed by atoms with E-state index < -0.39 is 8.38 Å². The third kappa shape index (κ3) is 12.0.